The first kappa shape index (κ1) is 32.4. The van der Waals surface area contributed by atoms with E-state index in [2.05, 4.69) is 5.32 Å². The molecular weight excluding hydrogens is 581 g/mol. The monoisotopic (exact) mass is 617 g/mol. The van der Waals surface area contributed by atoms with E-state index in [0.717, 1.165) is 22.7 Å². The average molecular weight is 619 g/mol. The van der Waals surface area contributed by atoms with Crippen LogP contribution in [0.5, 0.6) is 0 Å². The summed E-state index contributed by atoms with van der Waals surface area (Å²) in [6, 6.07) is 17.5. The van der Waals surface area contributed by atoms with E-state index >= 15 is 0 Å². The van der Waals surface area contributed by atoms with Crippen molar-refractivity contribution in [3.05, 3.63) is 93.5 Å². The van der Waals surface area contributed by atoms with E-state index in [1.54, 1.807) is 61.5 Å². The normalized spacial score (nSPS) is 12.0. The first-order valence-corrected chi connectivity index (χ1v) is 15.8. The summed E-state index contributed by atoms with van der Waals surface area (Å²) in [5, 5.41) is 3.81. The lowest BCUT2D eigenvalue weighted by atomic mass is 10.1. The van der Waals surface area contributed by atoms with Crippen molar-refractivity contribution in [1.29, 1.82) is 0 Å². The van der Waals surface area contributed by atoms with Gasteiger partial charge in [-0.15, -0.1) is 0 Å². The predicted molar refractivity (Wildman–Crippen MR) is 166 cm³/mol. The van der Waals surface area contributed by atoms with Crippen LogP contribution in [0.25, 0.3) is 0 Å². The second-order valence-electron chi connectivity index (χ2n) is 9.94. The maximum Gasteiger partial charge on any atom is 0.264 e. The zero-order valence-electron chi connectivity index (χ0n) is 23.9. The summed E-state index contributed by atoms with van der Waals surface area (Å²) >= 11 is 12.6. The SMILES string of the molecule is CCCCNC(=O)[C@@H](CC)N(Cc1ccccc1Cl)C(=O)CN(c1ccc(Cl)cc1C)S(=O)(=O)c1ccc(C)cc1. The quantitative estimate of drug-likeness (QED) is 0.221. The maximum absolute atomic E-state index is 14.2. The Kier molecular flexibility index (Phi) is 11.6. The second-order valence-corrected chi connectivity index (χ2v) is 12.6. The van der Waals surface area contributed by atoms with Crippen LogP contribution in [-0.4, -0.2) is 44.3 Å². The van der Waals surface area contributed by atoms with Crippen LogP contribution in [0.3, 0.4) is 0 Å². The number of anilines is 1. The van der Waals surface area contributed by atoms with Gasteiger partial charge >= 0.3 is 0 Å². The third-order valence-corrected chi connectivity index (χ3v) is 9.21. The van der Waals surface area contributed by atoms with Crippen molar-refractivity contribution in [2.75, 3.05) is 17.4 Å². The first-order chi connectivity index (χ1) is 19.5. The largest absolute Gasteiger partial charge is 0.354 e. The molecule has 0 heterocycles. The molecule has 1 N–H and O–H groups in total. The van der Waals surface area contributed by atoms with Gasteiger partial charge in [0.25, 0.3) is 10.0 Å². The molecule has 2 amide bonds. The van der Waals surface area contributed by atoms with E-state index in [1.165, 1.54) is 17.0 Å². The molecule has 0 aliphatic carbocycles. The van der Waals surface area contributed by atoms with Crippen molar-refractivity contribution < 1.29 is 18.0 Å². The molecule has 0 aliphatic rings. The van der Waals surface area contributed by atoms with Crippen LogP contribution in [0.4, 0.5) is 5.69 Å². The van der Waals surface area contributed by atoms with E-state index in [-0.39, 0.29) is 17.3 Å². The Hall–Kier alpha value is -3.07. The van der Waals surface area contributed by atoms with Gasteiger partial charge < -0.3 is 10.2 Å². The summed E-state index contributed by atoms with van der Waals surface area (Å²) < 4.78 is 29.1. The highest BCUT2D eigenvalue weighted by atomic mass is 35.5. The Labute approximate surface area is 253 Å². The van der Waals surface area contributed by atoms with Gasteiger partial charge in [0.1, 0.15) is 12.6 Å². The molecule has 0 aromatic heterocycles. The molecular formula is C31H37Cl2N3O4S. The van der Waals surface area contributed by atoms with Crippen LogP contribution in [-0.2, 0) is 26.2 Å². The Balaban J connectivity index is 2.08. The fourth-order valence-corrected chi connectivity index (χ4v) is 6.39. The number of benzene rings is 3. The number of aryl methyl sites for hydroxylation is 2. The van der Waals surface area contributed by atoms with Crippen LogP contribution >= 0.6 is 23.2 Å². The fourth-order valence-electron chi connectivity index (χ4n) is 4.49. The van der Waals surface area contributed by atoms with E-state index < -0.39 is 28.5 Å². The number of hydrogen-bond acceptors (Lipinski definition) is 4. The molecule has 0 spiro atoms. The summed E-state index contributed by atoms with van der Waals surface area (Å²) in [6.45, 7) is 7.44. The lowest BCUT2D eigenvalue weighted by Gasteiger charge is -2.33. The van der Waals surface area contributed by atoms with Crippen LogP contribution in [0.2, 0.25) is 10.0 Å². The summed E-state index contributed by atoms with van der Waals surface area (Å²) in [7, 11) is -4.17. The van der Waals surface area contributed by atoms with Crippen molar-refractivity contribution in [3.63, 3.8) is 0 Å². The molecule has 3 aromatic carbocycles. The molecule has 10 heteroatoms. The minimum atomic E-state index is -4.17. The minimum Gasteiger partial charge on any atom is -0.354 e. The first-order valence-electron chi connectivity index (χ1n) is 13.7. The van der Waals surface area contributed by atoms with Gasteiger partial charge in [0, 0.05) is 23.1 Å². The number of unbranched alkanes of at least 4 members (excludes halogenated alkanes) is 1. The minimum absolute atomic E-state index is 0.0379. The lowest BCUT2D eigenvalue weighted by molar-refractivity contribution is -0.140. The number of halogens is 2. The molecule has 0 bridgehead atoms. The summed E-state index contributed by atoms with van der Waals surface area (Å²) in [5.74, 6) is -0.829. The highest BCUT2D eigenvalue weighted by Crippen LogP contribution is 2.30. The van der Waals surface area contributed by atoms with Crippen molar-refractivity contribution in [3.8, 4) is 0 Å². The van der Waals surface area contributed by atoms with Gasteiger partial charge in [0.05, 0.1) is 10.6 Å². The van der Waals surface area contributed by atoms with Crippen molar-refractivity contribution in [1.82, 2.24) is 10.2 Å². The number of nitrogens with one attached hydrogen (secondary N) is 1. The van der Waals surface area contributed by atoms with Crippen molar-refractivity contribution in [2.24, 2.45) is 0 Å². The van der Waals surface area contributed by atoms with Crippen molar-refractivity contribution >= 4 is 50.7 Å². The number of amides is 2. The van der Waals surface area contributed by atoms with Crippen LogP contribution in [0.15, 0.2) is 71.6 Å². The summed E-state index contributed by atoms with van der Waals surface area (Å²) in [6.07, 6.45) is 2.05. The van der Waals surface area contributed by atoms with Gasteiger partial charge in [-0.1, -0.05) is 79.4 Å². The molecule has 7 nitrogen and oxygen atoms in total. The van der Waals surface area contributed by atoms with Gasteiger partial charge in [0.2, 0.25) is 11.8 Å². The van der Waals surface area contributed by atoms with Gasteiger partial charge in [0.15, 0.2) is 0 Å². The third kappa shape index (κ3) is 8.24. The van der Waals surface area contributed by atoms with E-state index in [1.807, 2.05) is 20.8 Å². The molecule has 0 unspecified atom stereocenters. The number of rotatable bonds is 13. The number of hydrogen-bond donors (Lipinski definition) is 1. The number of nitrogens with zero attached hydrogens (tertiary/aromatic N) is 2. The molecule has 3 aromatic rings. The molecule has 0 saturated carbocycles. The average Bonchev–Trinajstić information content (AvgIpc) is 2.93. The number of sulfonamides is 1. The van der Waals surface area contributed by atoms with Crippen molar-refractivity contribution in [2.45, 2.75) is 64.4 Å². The zero-order chi connectivity index (χ0) is 30.2. The fraction of sp³-hybridized carbons (Fsp3) is 0.355. The molecule has 0 fully saturated rings. The standard InChI is InChI=1S/C31H37Cl2N3O4S/c1-5-7-18-34-31(38)28(6-2)35(20-24-10-8-9-11-27(24)33)30(37)21-36(29-17-14-25(32)19-23(29)4)41(39,40)26-15-12-22(3)13-16-26/h8-17,19,28H,5-7,18,20-21H2,1-4H3,(H,34,38)/t28-/m1/s1. The smallest absolute Gasteiger partial charge is 0.264 e. The molecule has 0 radical (unpaired) electrons. The summed E-state index contributed by atoms with van der Waals surface area (Å²) in [5.41, 5.74) is 2.46. The zero-order valence-corrected chi connectivity index (χ0v) is 26.2. The van der Waals surface area contributed by atoms with E-state index in [9.17, 15) is 18.0 Å². The topological polar surface area (TPSA) is 86.8 Å². The van der Waals surface area contributed by atoms with Crippen LogP contribution < -0.4 is 9.62 Å². The van der Waals surface area contributed by atoms with Crippen LogP contribution in [0, 0.1) is 13.8 Å². The number of carbonyl (C=O) groups excluding carboxylic acids is 2. The Bertz CT molecular complexity index is 1460. The maximum atomic E-state index is 14.2. The molecule has 0 saturated heterocycles. The molecule has 0 aliphatic heterocycles. The third-order valence-electron chi connectivity index (χ3n) is 6.83. The van der Waals surface area contributed by atoms with Gasteiger partial charge in [-0.2, -0.15) is 0 Å². The Morgan fingerprint density at radius 3 is 2.24 bits per heavy atom. The Morgan fingerprint density at radius 1 is 0.951 bits per heavy atom. The predicted octanol–water partition coefficient (Wildman–Crippen LogP) is 6.53. The highest BCUT2D eigenvalue weighted by Gasteiger charge is 2.34. The Morgan fingerprint density at radius 2 is 1.63 bits per heavy atom. The van der Waals surface area contributed by atoms with E-state index in [4.69, 9.17) is 23.2 Å². The van der Waals surface area contributed by atoms with E-state index in [0.29, 0.717) is 39.8 Å². The molecule has 1 atom stereocenters. The van der Waals surface area contributed by atoms with Gasteiger partial charge in [-0.05, 0) is 74.2 Å². The number of carbonyl (C=O) groups is 2. The second kappa shape index (κ2) is 14.7. The molecule has 3 rings (SSSR count). The van der Waals surface area contributed by atoms with Gasteiger partial charge in [-0.25, -0.2) is 8.42 Å². The van der Waals surface area contributed by atoms with Crippen LogP contribution in [0.1, 0.15) is 49.8 Å². The highest BCUT2D eigenvalue weighted by molar-refractivity contribution is 7.92. The molecule has 41 heavy (non-hydrogen) atoms. The lowest BCUT2D eigenvalue weighted by Crippen LogP contribution is -2.52. The van der Waals surface area contributed by atoms with Gasteiger partial charge in [-0.3, -0.25) is 13.9 Å². The molecule has 220 valence electrons. The summed E-state index contributed by atoms with van der Waals surface area (Å²) in [4.78, 5) is 28.9.